The first-order chi connectivity index (χ1) is 10.2. The average Bonchev–Trinajstić information content (AvgIpc) is 2.93. The van der Waals surface area contributed by atoms with Gasteiger partial charge < -0.3 is 4.98 Å². The maximum absolute atomic E-state index is 5.06. The van der Waals surface area contributed by atoms with Gasteiger partial charge in [-0.1, -0.05) is 74.7 Å². The molecule has 0 aliphatic carbocycles. The molecule has 0 bridgehead atoms. The monoisotopic (exact) mass is 306 g/mol. The number of aromatic amines is 1. The standard InChI is InChI=1S/C20H38N2/c1-9-12-13-14-20(7,8)17-16(15(4)10-2)21-18(22-17)19(5,6)11-3/h15H,9-14H2,1-8H3,(H,21,22). The minimum Gasteiger partial charge on any atom is -0.345 e. The summed E-state index contributed by atoms with van der Waals surface area (Å²) in [6.45, 7) is 18.4. The highest BCUT2D eigenvalue weighted by atomic mass is 15.0. The number of aromatic nitrogens is 2. The van der Waals surface area contributed by atoms with Gasteiger partial charge in [-0.25, -0.2) is 4.98 Å². The van der Waals surface area contributed by atoms with E-state index in [1.807, 2.05) is 0 Å². The van der Waals surface area contributed by atoms with E-state index in [1.165, 1.54) is 42.9 Å². The van der Waals surface area contributed by atoms with Crippen LogP contribution in [0.1, 0.15) is 117 Å². The molecule has 0 amide bonds. The molecule has 0 spiro atoms. The van der Waals surface area contributed by atoms with Gasteiger partial charge in [0.15, 0.2) is 0 Å². The number of H-pyrrole nitrogens is 1. The number of unbranched alkanes of at least 4 members (excludes halogenated alkanes) is 2. The molecule has 0 fully saturated rings. The van der Waals surface area contributed by atoms with E-state index in [-0.39, 0.29) is 10.8 Å². The summed E-state index contributed by atoms with van der Waals surface area (Å²) in [6.07, 6.45) is 7.40. The van der Waals surface area contributed by atoms with E-state index in [0.717, 1.165) is 12.8 Å². The lowest BCUT2D eigenvalue weighted by molar-refractivity contribution is 0.429. The van der Waals surface area contributed by atoms with Crippen LogP contribution in [-0.4, -0.2) is 9.97 Å². The molecule has 2 nitrogen and oxygen atoms in total. The average molecular weight is 307 g/mol. The molecule has 0 aromatic carbocycles. The normalized spacial score (nSPS) is 14.4. The van der Waals surface area contributed by atoms with Crippen molar-refractivity contribution >= 4 is 0 Å². The van der Waals surface area contributed by atoms with Crippen LogP contribution in [0.15, 0.2) is 0 Å². The minimum atomic E-state index is 0.125. The molecule has 0 aliphatic heterocycles. The van der Waals surface area contributed by atoms with Crippen molar-refractivity contribution in [3.63, 3.8) is 0 Å². The summed E-state index contributed by atoms with van der Waals surface area (Å²) in [4.78, 5) is 8.81. The van der Waals surface area contributed by atoms with Gasteiger partial charge in [-0.3, -0.25) is 0 Å². The van der Waals surface area contributed by atoms with Gasteiger partial charge in [-0.15, -0.1) is 0 Å². The molecule has 1 rings (SSSR count). The molecular formula is C20H38N2. The quantitative estimate of drug-likeness (QED) is 0.520. The Balaban J connectivity index is 3.20. The molecule has 1 aromatic rings. The maximum Gasteiger partial charge on any atom is 0.112 e. The summed E-state index contributed by atoms with van der Waals surface area (Å²) in [5.74, 6) is 1.70. The van der Waals surface area contributed by atoms with Crippen molar-refractivity contribution in [1.29, 1.82) is 0 Å². The van der Waals surface area contributed by atoms with E-state index < -0.39 is 0 Å². The first kappa shape index (κ1) is 19.3. The molecule has 1 atom stereocenters. The third-order valence-corrected chi connectivity index (χ3v) is 5.42. The molecule has 1 unspecified atom stereocenters. The van der Waals surface area contributed by atoms with Gasteiger partial charge in [0.25, 0.3) is 0 Å². The van der Waals surface area contributed by atoms with E-state index >= 15 is 0 Å². The van der Waals surface area contributed by atoms with Crippen molar-refractivity contribution < 1.29 is 0 Å². The highest BCUT2D eigenvalue weighted by Crippen LogP contribution is 2.37. The second-order valence-electron chi connectivity index (χ2n) is 8.23. The van der Waals surface area contributed by atoms with Gasteiger partial charge >= 0.3 is 0 Å². The molecule has 0 aliphatic rings. The molecule has 22 heavy (non-hydrogen) atoms. The summed E-state index contributed by atoms with van der Waals surface area (Å²) in [5.41, 5.74) is 3.00. The fraction of sp³-hybridized carbons (Fsp3) is 0.850. The van der Waals surface area contributed by atoms with Crippen molar-refractivity contribution in [2.45, 2.75) is 111 Å². The van der Waals surface area contributed by atoms with Crippen LogP contribution >= 0.6 is 0 Å². The lowest BCUT2D eigenvalue weighted by Gasteiger charge is -2.26. The summed E-state index contributed by atoms with van der Waals surface area (Å²) in [7, 11) is 0. The predicted molar refractivity (Wildman–Crippen MR) is 97.8 cm³/mol. The fourth-order valence-electron chi connectivity index (χ4n) is 2.88. The highest BCUT2D eigenvalue weighted by molar-refractivity contribution is 5.28. The first-order valence-electron chi connectivity index (χ1n) is 9.30. The van der Waals surface area contributed by atoms with Crippen molar-refractivity contribution in [3.8, 4) is 0 Å². The predicted octanol–water partition coefficient (Wildman–Crippen LogP) is 6.47. The molecule has 2 heteroatoms. The van der Waals surface area contributed by atoms with Crippen molar-refractivity contribution in [3.05, 3.63) is 17.2 Å². The smallest absolute Gasteiger partial charge is 0.112 e. The number of nitrogens with one attached hydrogen (secondary N) is 1. The summed E-state index contributed by atoms with van der Waals surface area (Å²) < 4.78 is 0. The fourth-order valence-corrected chi connectivity index (χ4v) is 2.88. The van der Waals surface area contributed by atoms with Crippen LogP contribution in [0.25, 0.3) is 0 Å². The lowest BCUT2D eigenvalue weighted by atomic mass is 9.80. The summed E-state index contributed by atoms with van der Waals surface area (Å²) >= 11 is 0. The second-order valence-corrected chi connectivity index (χ2v) is 8.23. The molecule has 0 saturated heterocycles. The largest absolute Gasteiger partial charge is 0.345 e. The van der Waals surface area contributed by atoms with E-state index in [9.17, 15) is 0 Å². The Hall–Kier alpha value is -0.790. The van der Waals surface area contributed by atoms with E-state index in [4.69, 9.17) is 4.98 Å². The van der Waals surface area contributed by atoms with E-state index in [1.54, 1.807) is 0 Å². The zero-order chi connectivity index (χ0) is 17.0. The van der Waals surface area contributed by atoms with Crippen molar-refractivity contribution in [1.82, 2.24) is 9.97 Å². The molecule has 1 heterocycles. The zero-order valence-electron chi connectivity index (χ0n) is 16.3. The van der Waals surface area contributed by atoms with Crippen LogP contribution in [0, 0.1) is 0 Å². The number of imidazole rings is 1. The Morgan fingerprint density at radius 1 is 1.00 bits per heavy atom. The van der Waals surface area contributed by atoms with Crippen LogP contribution < -0.4 is 0 Å². The molecule has 128 valence electrons. The Kier molecular flexibility index (Phi) is 6.70. The van der Waals surface area contributed by atoms with E-state index in [2.05, 4.69) is 60.4 Å². The van der Waals surface area contributed by atoms with Crippen LogP contribution in [0.2, 0.25) is 0 Å². The summed E-state index contributed by atoms with van der Waals surface area (Å²) in [5, 5.41) is 0. The van der Waals surface area contributed by atoms with Crippen molar-refractivity contribution in [2.24, 2.45) is 0 Å². The first-order valence-corrected chi connectivity index (χ1v) is 9.30. The number of rotatable bonds is 9. The Morgan fingerprint density at radius 3 is 2.14 bits per heavy atom. The number of hydrogen-bond donors (Lipinski definition) is 1. The van der Waals surface area contributed by atoms with Crippen LogP contribution in [-0.2, 0) is 10.8 Å². The number of hydrogen-bond acceptors (Lipinski definition) is 1. The lowest BCUT2D eigenvalue weighted by Crippen LogP contribution is -2.21. The third-order valence-electron chi connectivity index (χ3n) is 5.42. The van der Waals surface area contributed by atoms with Crippen LogP contribution in [0.5, 0.6) is 0 Å². The molecule has 0 saturated carbocycles. The SMILES string of the molecule is CCCCCC(C)(C)c1[nH]c(C(C)(C)CC)nc1C(C)CC. The zero-order valence-corrected chi connectivity index (χ0v) is 16.3. The molecular weight excluding hydrogens is 268 g/mol. The Morgan fingerprint density at radius 2 is 1.64 bits per heavy atom. The van der Waals surface area contributed by atoms with Gasteiger partial charge in [0, 0.05) is 16.5 Å². The minimum absolute atomic E-state index is 0.125. The van der Waals surface area contributed by atoms with Gasteiger partial charge in [-0.2, -0.15) is 0 Å². The van der Waals surface area contributed by atoms with E-state index in [0.29, 0.717) is 5.92 Å². The van der Waals surface area contributed by atoms with Crippen molar-refractivity contribution in [2.75, 3.05) is 0 Å². The second kappa shape index (κ2) is 7.66. The van der Waals surface area contributed by atoms with Gasteiger partial charge in [-0.05, 0) is 25.2 Å². The Bertz CT molecular complexity index is 454. The highest BCUT2D eigenvalue weighted by Gasteiger charge is 2.32. The molecule has 1 aromatic heterocycles. The summed E-state index contributed by atoms with van der Waals surface area (Å²) in [6, 6.07) is 0. The Labute approximate surface area is 138 Å². The molecule has 1 N–H and O–H groups in total. The molecule has 0 radical (unpaired) electrons. The number of nitrogens with zero attached hydrogens (tertiary/aromatic N) is 1. The van der Waals surface area contributed by atoms with Gasteiger partial charge in [0.05, 0.1) is 5.69 Å². The van der Waals surface area contributed by atoms with Gasteiger partial charge in [0.2, 0.25) is 0 Å². The van der Waals surface area contributed by atoms with Crippen LogP contribution in [0.3, 0.4) is 0 Å². The topological polar surface area (TPSA) is 28.7 Å². The van der Waals surface area contributed by atoms with Crippen LogP contribution in [0.4, 0.5) is 0 Å². The van der Waals surface area contributed by atoms with Gasteiger partial charge in [0.1, 0.15) is 5.82 Å². The maximum atomic E-state index is 5.06. The third kappa shape index (κ3) is 4.36.